The molecule has 0 saturated carbocycles. The van der Waals surface area contributed by atoms with E-state index in [2.05, 4.69) is 26.2 Å². The van der Waals surface area contributed by atoms with E-state index in [1.165, 1.54) is 0 Å². The van der Waals surface area contributed by atoms with Crippen molar-refractivity contribution in [3.05, 3.63) is 12.7 Å². The van der Waals surface area contributed by atoms with Gasteiger partial charge in [0.15, 0.2) is 8.32 Å². The first-order chi connectivity index (χ1) is 5.19. The Hall–Kier alpha value is 0.0538. The van der Waals surface area contributed by atoms with Gasteiger partial charge in [0.2, 0.25) is 9.04 Å². The Balaban J connectivity index is 4.22. The molecule has 0 aliphatic carbocycles. The van der Waals surface area contributed by atoms with Crippen LogP contribution in [0.25, 0.3) is 0 Å². The molecule has 0 fully saturated rings. The fraction of sp³-hybridized carbons (Fsp3) is 0.714. The number of hydrogen-bond donors (Lipinski definition) is 2. The van der Waals surface area contributed by atoms with Crippen molar-refractivity contribution in [3.8, 4) is 0 Å². The van der Waals surface area contributed by atoms with Gasteiger partial charge in [-0.25, -0.2) is 0 Å². The van der Waals surface area contributed by atoms with Crippen LogP contribution in [0.2, 0.25) is 26.2 Å². The van der Waals surface area contributed by atoms with Crippen molar-refractivity contribution in [1.29, 1.82) is 0 Å². The van der Waals surface area contributed by atoms with Crippen LogP contribution < -0.4 is 11.5 Å². The highest BCUT2D eigenvalue weighted by Gasteiger charge is 2.30. The summed E-state index contributed by atoms with van der Waals surface area (Å²) in [5.74, 6) is 0. The first kappa shape index (κ1) is 12.1. The van der Waals surface area contributed by atoms with Crippen LogP contribution in [-0.4, -0.2) is 22.6 Å². The van der Waals surface area contributed by atoms with Crippen LogP contribution in [0.15, 0.2) is 12.7 Å². The zero-order valence-corrected chi connectivity index (χ0v) is 10.6. The van der Waals surface area contributed by atoms with Crippen molar-refractivity contribution in [3.63, 3.8) is 0 Å². The van der Waals surface area contributed by atoms with E-state index in [0.717, 1.165) is 0 Å². The second-order valence-electron chi connectivity index (χ2n) is 4.08. The van der Waals surface area contributed by atoms with Crippen molar-refractivity contribution in [1.82, 2.24) is 0 Å². The SMILES string of the molecule is C=CC(N)(N)[SiH](C)O[Si](C)(C)C. The van der Waals surface area contributed by atoms with Crippen molar-refractivity contribution in [2.45, 2.75) is 31.5 Å². The Morgan fingerprint density at radius 2 is 1.83 bits per heavy atom. The molecule has 12 heavy (non-hydrogen) atoms. The van der Waals surface area contributed by atoms with E-state index < -0.39 is 22.6 Å². The molecule has 0 rings (SSSR count). The third-order valence-electron chi connectivity index (χ3n) is 1.59. The van der Waals surface area contributed by atoms with Gasteiger partial charge in [0, 0.05) is 0 Å². The monoisotopic (exact) mass is 204 g/mol. The van der Waals surface area contributed by atoms with Gasteiger partial charge < -0.3 is 15.6 Å². The van der Waals surface area contributed by atoms with Crippen LogP contribution in [-0.2, 0) is 4.12 Å². The molecule has 3 nitrogen and oxygen atoms in total. The maximum absolute atomic E-state index is 5.85. The molecule has 0 aromatic carbocycles. The van der Waals surface area contributed by atoms with Gasteiger partial charge in [-0.2, -0.15) is 0 Å². The van der Waals surface area contributed by atoms with E-state index in [1.807, 2.05) is 6.55 Å². The largest absolute Gasteiger partial charge is 0.456 e. The predicted molar refractivity (Wildman–Crippen MR) is 58.7 cm³/mol. The third kappa shape index (κ3) is 4.17. The van der Waals surface area contributed by atoms with Gasteiger partial charge in [0.05, 0.1) is 5.29 Å². The summed E-state index contributed by atoms with van der Waals surface area (Å²) in [6.45, 7) is 12.0. The molecular weight excluding hydrogens is 184 g/mol. The average molecular weight is 204 g/mol. The smallest absolute Gasteiger partial charge is 0.201 e. The predicted octanol–water partition coefficient (Wildman–Crippen LogP) is 0.530. The molecule has 5 heteroatoms. The molecule has 0 saturated heterocycles. The molecule has 0 bridgehead atoms. The highest BCUT2D eigenvalue weighted by atomic mass is 28.4. The number of rotatable bonds is 4. The van der Waals surface area contributed by atoms with Gasteiger partial charge in [0.25, 0.3) is 0 Å². The van der Waals surface area contributed by atoms with E-state index in [-0.39, 0.29) is 0 Å². The van der Waals surface area contributed by atoms with Gasteiger partial charge in [0.1, 0.15) is 0 Å². The molecule has 0 aliphatic rings. The Morgan fingerprint density at radius 1 is 1.42 bits per heavy atom. The molecule has 0 aromatic rings. The highest BCUT2D eigenvalue weighted by molar-refractivity contribution is 6.77. The van der Waals surface area contributed by atoms with Crippen LogP contribution >= 0.6 is 0 Å². The summed E-state index contributed by atoms with van der Waals surface area (Å²) in [5.41, 5.74) is 11.6. The molecule has 0 aliphatic heterocycles. The average Bonchev–Trinajstić information content (AvgIpc) is 1.84. The normalized spacial score (nSPS) is 15.8. The molecule has 0 amide bonds. The van der Waals surface area contributed by atoms with E-state index in [0.29, 0.717) is 0 Å². The van der Waals surface area contributed by atoms with Gasteiger partial charge >= 0.3 is 0 Å². The lowest BCUT2D eigenvalue weighted by atomic mass is 10.5. The molecular formula is C7H20N2OSi2. The first-order valence-electron chi connectivity index (χ1n) is 4.08. The molecule has 0 aromatic heterocycles. The Morgan fingerprint density at radius 3 is 2.08 bits per heavy atom. The second kappa shape index (κ2) is 3.84. The van der Waals surface area contributed by atoms with E-state index >= 15 is 0 Å². The van der Waals surface area contributed by atoms with Crippen molar-refractivity contribution in [2.75, 3.05) is 0 Å². The summed E-state index contributed by atoms with van der Waals surface area (Å²) in [4.78, 5) is 0. The minimum Gasteiger partial charge on any atom is -0.456 e. The fourth-order valence-corrected chi connectivity index (χ4v) is 6.19. The standard InChI is InChI=1S/C7H20N2OSi2/c1-6-7(8,9)11(2)10-12(3,4)5/h6,11H,1,8-9H2,2-5H3. The Kier molecular flexibility index (Phi) is 3.86. The van der Waals surface area contributed by atoms with Gasteiger partial charge in [-0.3, -0.25) is 0 Å². The second-order valence-corrected chi connectivity index (χ2v) is 11.5. The number of nitrogens with two attached hydrogens (primary N) is 2. The van der Waals surface area contributed by atoms with E-state index in [4.69, 9.17) is 15.6 Å². The van der Waals surface area contributed by atoms with Crippen molar-refractivity contribution < 1.29 is 4.12 Å². The maximum Gasteiger partial charge on any atom is 0.201 e. The maximum atomic E-state index is 5.85. The molecule has 0 radical (unpaired) electrons. The third-order valence-corrected chi connectivity index (χ3v) is 7.47. The minimum atomic E-state index is -1.54. The lowest BCUT2D eigenvalue weighted by Crippen LogP contribution is -2.62. The van der Waals surface area contributed by atoms with Crippen molar-refractivity contribution in [2.24, 2.45) is 11.5 Å². The lowest BCUT2D eigenvalue weighted by molar-refractivity contribution is 0.526. The summed E-state index contributed by atoms with van der Waals surface area (Å²) in [5, 5.41) is -0.777. The number of hydrogen-bond acceptors (Lipinski definition) is 3. The van der Waals surface area contributed by atoms with Crippen LogP contribution in [0, 0.1) is 0 Å². The van der Waals surface area contributed by atoms with Crippen molar-refractivity contribution >= 4 is 17.4 Å². The lowest BCUT2D eigenvalue weighted by Gasteiger charge is -2.32. The summed E-state index contributed by atoms with van der Waals surface area (Å²) in [7, 11) is -3.03. The molecule has 4 N–H and O–H groups in total. The van der Waals surface area contributed by atoms with Crippen LogP contribution in [0.5, 0.6) is 0 Å². The molecule has 72 valence electrons. The Bertz CT molecular complexity index is 165. The molecule has 1 atom stereocenters. The van der Waals surface area contributed by atoms with Gasteiger partial charge in [-0.15, -0.1) is 6.58 Å². The topological polar surface area (TPSA) is 61.3 Å². The summed E-state index contributed by atoms with van der Waals surface area (Å²) in [6, 6.07) is 0. The van der Waals surface area contributed by atoms with Gasteiger partial charge in [-0.1, -0.05) is 6.08 Å². The van der Waals surface area contributed by atoms with Crippen LogP contribution in [0.3, 0.4) is 0 Å². The van der Waals surface area contributed by atoms with Gasteiger partial charge in [-0.05, 0) is 26.2 Å². The molecule has 0 spiro atoms. The summed E-state index contributed by atoms with van der Waals surface area (Å²) >= 11 is 0. The van der Waals surface area contributed by atoms with Crippen LogP contribution in [0.4, 0.5) is 0 Å². The zero-order valence-electron chi connectivity index (χ0n) is 8.42. The minimum absolute atomic E-state index is 0.777. The molecule has 0 heterocycles. The summed E-state index contributed by atoms with van der Waals surface area (Å²) < 4.78 is 5.85. The van der Waals surface area contributed by atoms with E-state index in [9.17, 15) is 0 Å². The van der Waals surface area contributed by atoms with Crippen LogP contribution in [0.1, 0.15) is 0 Å². The highest BCUT2D eigenvalue weighted by Crippen LogP contribution is 2.10. The quantitative estimate of drug-likeness (QED) is 0.399. The molecule has 1 unspecified atom stereocenters. The summed E-state index contributed by atoms with van der Waals surface area (Å²) in [6.07, 6.45) is 1.59. The zero-order chi connectivity index (χ0) is 9.99. The Labute approximate surface area is 77.6 Å². The fourth-order valence-electron chi connectivity index (χ4n) is 0.798. The van der Waals surface area contributed by atoms with E-state index in [1.54, 1.807) is 6.08 Å². The first-order valence-corrected chi connectivity index (χ1v) is 9.69.